The van der Waals surface area contributed by atoms with Gasteiger partial charge in [-0.15, -0.1) is 24.0 Å². The van der Waals surface area contributed by atoms with Gasteiger partial charge in [-0.1, -0.05) is 0 Å². The topological polar surface area (TPSA) is 62.0 Å². The fourth-order valence-electron chi connectivity index (χ4n) is 2.96. The van der Waals surface area contributed by atoms with Crippen molar-refractivity contribution in [3.05, 3.63) is 24.2 Å². The van der Waals surface area contributed by atoms with Crippen LogP contribution in [-0.2, 0) is 11.2 Å². The van der Waals surface area contributed by atoms with E-state index in [4.69, 9.17) is 9.15 Å². The lowest BCUT2D eigenvalue weighted by atomic mass is 10.1. The molecule has 7 heteroatoms. The highest BCUT2D eigenvalue weighted by Crippen LogP contribution is 2.10. The van der Waals surface area contributed by atoms with Gasteiger partial charge < -0.3 is 24.7 Å². The normalized spacial score (nSPS) is 16.5. The van der Waals surface area contributed by atoms with Crippen molar-refractivity contribution in [1.82, 2.24) is 15.5 Å². The second kappa shape index (κ2) is 13.4. The molecule has 1 aromatic rings. The fraction of sp³-hybridized carbons (Fsp3) is 0.737. The van der Waals surface area contributed by atoms with Gasteiger partial charge in [0.25, 0.3) is 0 Å². The lowest BCUT2D eigenvalue weighted by Gasteiger charge is -2.33. The molecule has 0 bridgehead atoms. The van der Waals surface area contributed by atoms with E-state index in [1.165, 1.54) is 0 Å². The summed E-state index contributed by atoms with van der Waals surface area (Å²) >= 11 is 0. The van der Waals surface area contributed by atoms with Gasteiger partial charge in [-0.05, 0) is 45.7 Å². The molecule has 1 fully saturated rings. The van der Waals surface area contributed by atoms with Crippen LogP contribution in [0, 0.1) is 0 Å². The number of halogens is 1. The summed E-state index contributed by atoms with van der Waals surface area (Å²) in [7, 11) is 0. The molecule has 0 aliphatic carbocycles. The monoisotopic (exact) mass is 478 g/mol. The van der Waals surface area contributed by atoms with Crippen LogP contribution in [0.5, 0.6) is 0 Å². The number of nitrogens with one attached hydrogen (secondary N) is 2. The largest absolute Gasteiger partial charge is 0.469 e. The molecule has 0 saturated carbocycles. The number of hydrogen-bond acceptors (Lipinski definition) is 4. The molecule has 1 saturated heterocycles. The van der Waals surface area contributed by atoms with E-state index in [-0.39, 0.29) is 24.0 Å². The predicted octanol–water partition coefficient (Wildman–Crippen LogP) is 2.88. The van der Waals surface area contributed by atoms with Gasteiger partial charge in [0.2, 0.25) is 0 Å². The first-order chi connectivity index (χ1) is 12.2. The van der Waals surface area contributed by atoms with Crippen LogP contribution in [0.15, 0.2) is 27.8 Å². The number of hydrogen-bond donors (Lipinski definition) is 2. The van der Waals surface area contributed by atoms with Crippen LogP contribution in [0.3, 0.4) is 0 Å². The molecule has 2 rings (SSSR count). The number of aliphatic imine (C=N–C) groups is 1. The molecule has 0 atom stereocenters. The van der Waals surface area contributed by atoms with Gasteiger partial charge in [0, 0.05) is 45.2 Å². The first kappa shape index (κ1) is 23.2. The van der Waals surface area contributed by atoms with Gasteiger partial charge in [0.15, 0.2) is 5.96 Å². The van der Waals surface area contributed by atoms with Gasteiger partial charge in [-0.2, -0.15) is 0 Å². The first-order valence-corrected chi connectivity index (χ1v) is 9.58. The predicted molar refractivity (Wildman–Crippen MR) is 117 cm³/mol. The Morgan fingerprint density at radius 3 is 2.77 bits per heavy atom. The Morgan fingerprint density at radius 2 is 2.15 bits per heavy atom. The van der Waals surface area contributed by atoms with Crippen molar-refractivity contribution in [2.24, 2.45) is 4.99 Å². The summed E-state index contributed by atoms with van der Waals surface area (Å²) < 4.78 is 11.0. The lowest BCUT2D eigenvalue weighted by Crippen LogP contribution is -2.49. The zero-order valence-electron chi connectivity index (χ0n) is 16.4. The van der Waals surface area contributed by atoms with Gasteiger partial charge in [0.1, 0.15) is 5.76 Å². The summed E-state index contributed by atoms with van der Waals surface area (Å²) in [6.07, 6.45) is 5.15. The SMILES string of the molecule is CCNC(=NCCc1ccco1)NC1CCN(CCOC(C)C)CC1.I. The molecule has 0 aromatic carbocycles. The van der Waals surface area contributed by atoms with Crippen LogP contribution in [-0.4, -0.2) is 62.3 Å². The maximum absolute atomic E-state index is 5.65. The maximum Gasteiger partial charge on any atom is 0.191 e. The minimum atomic E-state index is 0. The smallest absolute Gasteiger partial charge is 0.191 e. The third kappa shape index (κ3) is 9.23. The molecule has 26 heavy (non-hydrogen) atoms. The van der Waals surface area contributed by atoms with Gasteiger partial charge in [-0.3, -0.25) is 4.99 Å². The summed E-state index contributed by atoms with van der Waals surface area (Å²) in [6, 6.07) is 4.40. The van der Waals surface area contributed by atoms with Gasteiger partial charge in [-0.25, -0.2) is 0 Å². The number of ether oxygens (including phenoxy) is 1. The standard InChI is InChI=1S/C19H34N4O2.HI/c1-4-20-19(21-10-7-18-6-5-14-25-18)22-17-8-11-23(12-9-17)13-15-24-16(2)3;/h5-6,14,16-17H,4,7-13,15H2,1-3H3,(H2,20,21,22);1H. The first-order valence-electron chi connectivity index (χ1n) is 9.58. The van der Waals surface area contributed by atoms with Crippen LogP contribution in [0.1, 0.15) is 39.4 Å². The minimum absolute atomic E-state index is 0. The lowest BCUT2D eigenvalue weighted by molar-refractivity contribution is 0.0532. The highest BCUT2D eigenvalue weighted by molar-refractivity contribution is 14.0. The zero-order chi connectivity index (χ0) is 17.9. The summed E-state index contributed by atoms with van der Waals surface area (Å²) in [5.41, 5.74) is 0. The van der Waals surface area contributed by atoms with E-state index in [0.717, 1.165) is 70.3 Å². The van der Waals surface area contributed by atoms with Gasteiger partial charge >= 0.3 is 0 Å². The van der Waals surface area contributed by atoms with E-state index < -0.39 is 0 Å². The second-order valence-corrected chi connectivity index (χ2v) is 6.77. The Hall–Kier alpha value is -0.800. The van der Waals surface area contributed by atoms with Crippen molar-refractivity contribution in [3.8, 4) is 0 Å². The van der Waals surface area contributed by atoms with E-state index in [2.05, 4.69) is 41.3 Å². The van der Waals surface area contributed by atoms with Crippen LogP contribution in [0.25, 0.3) is 0 Å². The summed E-state index contributed by atoms with van der Waals surface area (Å²) in [5.74, 6) is 1.90. The second-order valence-electron chi connectivity index (χ2n) is 6.77. The third-order valence-electron chi connectivity index (χ3n) is 4.34. The molecule has 1 aromatic heterocycles. The number of nitrogens with zero attached hydrogens (tertiary/aromatic N) is 2. The third-order valence-corrected chi connectivity index (χ3v) is 4.34. The van der Waals surface area contributed by atoms with Crippen molar-refractivity contribution in [3.63, 3.8) is 0 Å². The molecule has 0 radical (unpaired) electrons. The minimum Gasteiger partial charge on any atom is -0.469 e. The highest BCUT2D eigenvalue weighted by atomic mass is 127. The molecule has 0 unspecified atom stereocenters. The van der Waals surface area contributed by atoms with E-state index in [1.54, 1.807) is 6.26 Å². The molecule has 0 amide bonds. The van der Waals surface area contributed by atoms with Crippen molar-refractivity contribution in [2.75, 3.05) is 39.3 Å². The summed E-state index contributed by atoms with van der Waals surface area (Å²) in [4.78, 5) is 7.16. The Morgan fingerprint density at radius 1 is 1.38 bits per heavy atom. The summed E-state index contributed by atoms with van der Waals surface area (Å²) in [5, 5.41) is 6.92. The van der Waals surface area contributed by atoms with Gasteiger partial charge in [0.05, 0.1) is 19.0 Å². The molecule has 150 valence electrons. The molecule has 0 spiro atoms. The molecule has 6 nitrogen and oxygen atoms in total. The Bertz CT molecular complexity index is 486. The zero-order valence-corrected chi connectivity index (χ0v) is 18.7. The molecule has 1 aliphatic heterocycles. The number of piperidine rings is 1. The van der Waals surface area contributed by atoms with Crippen LogP contribution in [0.4, 0.5) is 0 Å². The number of rotatable bonds is 9. The number of guanidine groups is 1. The Kier molecular flexibility index (Phi) is 12.0. The highest BCUT2D eigenvalue weighted by Gasteiger charge is 2.19. The van der Waals surface area contributed by atoms with E-state index >= 15 is 0 Å². The Labute approximate surface area is 175 Å². The average molecular weight is 478 g/mol. The molecule has 1 aliphatic rings. The molecule has 2 N–H and O–H groups in total. The van der Waals surface area contributed by atoms with Crippen LogP contribution >= 0.6 is 24.0 Å². The maximum atomic E-state index is 5.65. The number of likely N-dealkylation sites (tertiary alicyclic amines) is 1. The fourth-order valence-corrected chi connectivity index (χ4v) is 2.96. The van der Waals surface area contributed by atoms with E-state index in [0.29, 0.717) is 12.1 Å². The van der Waals surface area contributed by atoms with Crippen molar-refractivity contribution < 1.29 is 9.15 Å². The molecule has 2 heterocycles. The van der Waals surface area contributed by atoms with Crippen molar-refractivity contribution >= 4 is 29.9 Å². The van der Waals surface area contributed by atoms with Crippen LogP contribution in [0.2, 0.25) is 0 Å². The van der Waals surface area contributed by atoms with Crippen molar-refractivity contribution in [2.45, 2.75) is 52.2 Å². The molecular formula is C19H35IN4O2. The average Bonchev–Trinajstić information content (AvgIpc) is 3.10. The van der Waals surface area contributed by atoms with Crippen LogP contribution < -0.4 is 10.6 Å². The molecular weight excluding hydrogens is 443 g/mol. The number of furan rings is 1. The summed E-state index contributed by atoms with van der Waals surface area (Å²) in [6.45, 7) is 12.0. The Balaban J connectivity index is 0.00000338. The van der Waals surface area contributed by atoms with E-state index in [1.807, 2.05) is 12.1 Å². The van der Waals surface area contributed by atoms with E-state index in [9.17, 15) is 0 Å². The quantitative estimate of drug-likeness (QED) is 0.325. The van der Waals surface area contributed by atoms with Crippen molar-refractivity contribution in [1.29, 1.82) is 0 Å².